The van der Waals surface area contributed by atoms with Gasteiger partial charge < -0.3 is 15.0 Å². The number of piperazine rings is 1. The van der Waals surface area contributed by atoms with Gasteiger partial charge in [0.15, 0.2) is 0 Å². The molecule has 8 heteroatoms. The number of methoxy groups -OCH3 is 1. The Hall–Kier alpha value is -1.77. The summed E-state index contributed by atoms with van der Waals surface area (Å²) in [4.78, 5) is 27.9. The lowest BCUT2D eigenvalue weighted by Gasteiger charge is -2.35. The largest absolute Gasteiger partial charge is 0.383 e. The van der Waals surface area contributed by atoms with E-state index in [9.17, 15) is 4.79 Å². The Morgan fingerprint density at radius 3 is 2.77 bits per heavy atom. The van der Waals surface area contributed by atoms with E-state index in [0.717, 1.165) is 54.3 Å². The molecule has 1 fully saturated rings. The van der Waals surface area contributed by atoms with Crippen LogP contribution in [0.2, 0.25) is 0 Å². The van der Waals surface area contributed by atoms with Gasteiger partial charge in [0.05, 0.1) is 16.9 Å². The SMILES string of the molecule is CCCN1CCN(c2ncnc3sc(C(=O)NCCOC)c(C)c23)CC1. The molecular formula is C18H27N5O2S. The summed E-state index contributed by atoms with van der Waals surface area (Å²) in [7, 11) is 1.62. The first-order valence-electron chi connectivity index (χ1n) is 9.14. The molecule has 7 nitrogen and oxygen atoms in total. The van der Waals surface area contributed by atoms with Gasteiger partial charge in [-0.05, 0) is 25.5 Å². The number of ether oxygens (including phenoxy) is 1. The monoisotopic (exact) mass is 377 g/mol. The normalized spacial score (nSPS) is 15.6. The van der Waals surface area contributed by atoms with E-state index < -0.39 is 0 Å². The summed E-state index contributed by atoms with van der Waals surface area (Å²) < 4.78 is 5.00. The van der Waals surface area contributed by atoms with Crippen molar-refractivity contribution in [2.45, 2.75) is 20.3 Å². The van der Waals surface area contributed by atoms with Crippen LogP contribution in [0.3, 0.4) is 0 Å². The Labute approximate surface area is 158 Å². The van der Waals surface area contributed by atoms with Gasteiger partial charge in [-0.3, -0.25) is 9.69 Å². The molecule has 2 aromatic heterocycles. The summed E-state index contributed by atoms with van der Waals surface area (Å²) >= 11 is 1.44. The number of nitrogens with one attached hydrogen (secondary N) is 1. The van der Waals surface area contributed by atoms with Gasteiger partial charge >= 0.3 is 0 Å². The molecule has 0 aliphatic carbocycles. The number of anilines is 1. The maximum atomic E-state index is 12.5. The van der Waals surface area contributed by atoms with Crippen LogP contribution in [0, 0.1) is 6.92 Å². The molecule has 0 bridgehead atoms. The first kappa shape index (κ1) is 19.0. The molecule has 3 heterocycles. The van der Waals surface area contributed by atoms with Crippen molar-refractivity contribution in [3.8, 4) is 0 Å². The van der Waals surface area contributed by atoms with E-state index in [1.54, 1.807) is 13.4 Å². The number of hydrogen-bond acceptors (Lipinski definition) is 7. The highest BCUT2D eigenvalue weighted by molar-refractivity contribution is 7.20. The van der Waals surface area contributed by atoms with Gasteiger partial charge in [-0.2, -0.15) is 0 Å². The molecule has 0 radical (unpaired) electrons. The maximum absolute atomic E-state index is 12.5. The minimum Gasteiger partial charge on any atom is -0.383 e. The van der Waals surface area contributed by atoms with E-state index in [0.29, 0.717) is 18.0 Å². The third kappa shape index (κ3) is 3.97. The van der Waals surface area contributed by atoms with Crippen molar-refractivity contribution in [1.29, 1.82) is 0 Å². The van der Waals surface area contributed by atoms with Crippen LogP contribution in [0.5, 0.6) is 0 Å². The topological polar surface area (TPSA) is 70.6 Å². The molecule has 0 atom stereocenters. The van der Waals surface area contributed by atoms with E-state index in [1.807, 2.05) is 6.92 Å². The summed E-state index contributed by atoms with van der Waals surface area (Å²) in [5, 5.41) is 3.91. The Balaban J connectivity index is 1.83. The van der Waals surface area contributed by atoms with Crippen molar-refractivity contribution in [3.63, 3.8) is 0 Å². The van der Waals surface area contributed by atoms with Crippen LogP contribution in [-0.2, 0) is 4.74 Å². The van der Waals surface area contributed by atoms with Crippen molar-refractivity contribution >= 4 is 33.3 Å². The summed E-state index contributed by atoms with van der Waals surface area (Å²) in [6, 6.07) is 0. The summed E-state index contributed by atoms with van der Waals surface area (Å²) in [6.07, 6.45) is 2.79. The molecule has 1 aliphatic heterocycles. The molecule has 26 heavy (non-hydrogen) atoms. The molecule has 0 saturated carbocycles. The predicted octanol–water partition coefficient (Wildman–Crippen LogP) is 1.91. The van der Waals surface area contributed by atoms with Crippen molar-refractivity contribution in [2.75, 3.05) is 57.9 Å². The number of nitrogens with zero attached hydrogens (tertiary/aromatic N) is 4. The molecule has 1 saturated heterocycles. The first-order valence-corrected chi connectivity index (χ1v) is 9.95. The lowest BCUT2D eigenvalue weighted by atomic mass is 10.1. The Morgan fingerprint density at radius 1 is 1.31 bits per heavy atom. The maximum Gasteiger partial charge on any atom is 0.261 e. The van der Waals surface area contributed by atoms with E-state index in [4.69, 9.17) is 4.74 Å². The van der Waals surface area contributed by atoms with Crippen LogP contribution in [0.1, 0.15) is 28.6 Å². The summed E-state index contributed by atoms with van der Waals surface area (Å²) in [6.45, 7) is 10.4. The second-order valence-corrected chi connectivity index (χ2v) is 7.51. The van der Waals surface area contributed by atoms with E-state index in [-0.39, 0.29) is 5.91 Å². The zero-order valence-corrected chi connectivity index (χ0v) is 16.6. The number of hydrogen-bond donors (Lipinski definition) is 1. The fraction of sp³-hybridized carbons (Fsp3) is 0.611. The van der Waals surface area contributed by atoms with Crippen molar-refractivity contribution in [1.82, 2.24) is 20.2 Å². The highest BCUT2D eigenvalue weighted by atomic mass is 32.1. The number of aryl methyl sites for hydroxylation is 1. The van der Waals surface area contributed by atoms with Crippen molar-refractivity contribution < 1.29 is 9.53 Å². The molecular weight excluding hydrogens is 350 g/mol. The number of carbonyl (C=O) groups excluding carboxylic acids is 1. The molecule has 0 aromatic carbocycles. The van der Waals surface area contributed by atoms with Crippen LogP contribution in [0.15, 0.2) is 6.33 Å². The van der Waals surface area contributed by atoms with Crippen molar-refractivity contribution in [2.24, 2.45) is 0 Å². The van der Waals surface area contributed by atoms with Gasteiger partial charge in [0, 0.05) is 39.8 Å². The highest BCUT2D eigenvalue weighted by Crippen LogP contribution is 2.35. The quantitative estimate of drug-likeness (QED) is 0.744. The predicted molar refractivity (Wildman–Crippen MR) is 105 cm³/mol. The average molecular weight is 378 g/mol. The minimum atomic E-state index is -0.0683. The van der Waals surface area contributed by atoms with Crippen LogP contribution >= 0.6 is 11.3 Å². The Kier molecular flexibility index (Phi) is 6.39. The third-order valence-electron chi connectivity index (χ3n) is 4.72. The van der Waals surface area contributed by atoms with E-state index in [2.05, 4.69) is 32.0 Å². The van der Waals surface area contributed by atoms with Gasteiger partial charge in [0.2, 0.25) is 0 Å². The lowest BCUT2D eigenvalue weighted by Crippen LogP contribution is -2.46. The lowest BCUT2D eigenvalue weighted by molar-refractivity contribution is 0.0940. The molecule has 3 rings (SSSR count). The Morgan fingerprint density at radius 2 is 2.08 bits per heavy atom. The molecule has 0 unspecified atom stereocenters. The molecule has 1 N–H and O–H groups in total. The number of aromatic nitrogens is 2. The molecule has 2 aromatic rings. The van der Waals surface area contributed by atoms with Crippen LogP contribution in [0.4, 0.5) is 5.82 Å². The number of rotatable bonds is 7. The van der Waals surface area contributed by atoms with Gasteiger partial charge in [0.1, 0.15) is 17.0 Å². The van der Waals surface area contributed by atoms with Gasteiger partial charge in [-0.1, -0.05) is 6.92 Å². The molecule has 0 spiro atoms. The van der Waals surface area contributed by atoms with Crippen LogP contribution < -0.4 is 10.2 Å². The van der Waals surface area contributed by atoms with Gasteiger partial charge in [-0.15, -0.1) is 11.3 Å². The Bertz CT molecular complexity index is 755. The summed E-state index contributed by atoms with van der Waals surface area (Å²) in [5.41, 5.74) is 0.964. The standard InChI is InChI=1S/C18H27N5O2S/c1-4-6-22-7-9-23(10-8-22)16-14-13(2)15(17(24)19-5-11-25-3)26-18(14)21-12-20-16/h12H,4-11H2,1-3H3,(H,19,24). The number of carbonyl (C=O) groups is 1. The second kappa shape index (κ2) is 8.75. The smallest absolute Gasteiger partial charge is 0.261 e. The second-order valence-electron chi connectivity index (χ2n) is 6.51. The summed E-state index contributed by atoms with van der Waals surface area (Å²) in [5.74, 6) is 0.886. The molecule has 142 valence electrons. The fourth-order valence-corrected chi connectivity index (χ4v) is 4.42. The molecule has 1 amide bonds. The van der Waals surface area contributed by atoms with Gasteiger partial charge in [-0.25, -0.2) is 9.97 Å². The third-order valence-corrected chi connectivity index (χ3v) is 5.92. The fourth-order valence-electron chi connectivity index (χ4n) is 3.36. The number of thiophene rings is 1. The van der Waals surface area contributed by atoms with Gasteiger partial charge in [0.25, 0.3) is 5.91 Å². The zero-order valence-electron chi connectivity index (χ0n) is 15.7. The zero-order chi connectivity index (χ0) is 18.5. The van der Waals surface area contributed by atoms with Crippen LogP contribution in [-0.4, -0.2) is 73.8 Å². The highest BCUT2D eigenvalue weighted by Gasteiger charge is 2.24. The van der Waals surface area contributed by atoms with E-state index >= 15 is 0 Å². The first-order chi connectivity index (χ1) is 12.7. The van der Waals surface area contributed by atoms with E-state index in [1.165, 1.54) is 17.8 Å². The van der Waals surface area contributed by atoms with Crippen molar-refractivity contribution in [3.05, 3.63) is 16.8 Å². The average Bonchev–Trinajstić information content (AvgIpc) is 3.00. The molecule has 1 aliphatic rings. The van der Waals surface area contributed by atoms with Crippen LogP contribution in [0.25, 0.3) is 10.2 Å². The minimum absolute atomic E-state index is 0.0683. The number of fused-ring (bicyclic) bond motifs is 1. The number of amides is 1.